The second-order valence-corrected chi connectivity index (χ2v) is 6.48. The maximum Gasteiger partial charge on any atom is 0.115 e. The Hall–Kier alpha value is -1.45. The van der Waals surface area contributed by atoms with Gasteiger partial charge in [-0.25, -0.2) is 0 Å². The minimum atomic E-state index is 0.152. The highest BCUT2D eigenvalue weighted by Crippen LogP contribution is 2.24. The second-order valence-electron chi connectivity index (χ2n) is 5.16. The van der Waals surface area contributed by atoms with E-state index >= 15 is 0 Å². The zero-order valence-electron chi connectivity index (χ0n) is 12.6. The summed E-state index contributed by atoms with van der Waals surface area (Å²) in [4.78, 5) is 0. The first kappa shape index (κ1) is 15.9. The zero-order chi connectivity index (χ0) is 15.1. The van der Waals surface area contributed by atoms with Gasteiger partial charge in [0.1, 0.15) is 5.75 Å². The summed E-state index contributed by atoms with van der Waals surface area (Å²) in [5, 5.41) is 13.2. The summed E-state index contributed by atoms with van der Waals surface area (Å²) < 4.78 is 0. The number of nitrogens with one attached hydrogen (secondary N) is 1. The molecule has 2 unspecified atom stereocenters. The Kier molecular flexibility index (Phi) is 6.15. The van der Waals surface area contributed by atoms with E-state index in [4.69, 9.17) is 0 Å². The molecule has 2 aromatic carbocycles. The number of rotatable bonds is 7. The van der Waals surface area contributed by atoms with Crippen LogP contribution in [0, 0.1) is 0 Å². The normalized spacial score (nSPS) is 13.8. The zero-order valence-corrected chi connectivity index (χ0v) is 13.4. The van der Waals surface area contributed by atoms with Crippen LogP contribution in [0.1, 0.15) is 31.0 Å². The molecule has 2 nitrogen and oxygen atoms in total. The fourth-order valence-electron chi connectivity index (χ4n) is 2.32. The molecule has 0 radical (unpaired) electrons. The Morgan fingerprint density at radius 1 is 1.00 bits per heavy atom. The molecule has 2 atom stereocenters. The fourth-order valence-corrected chi connectivity index (χ4v) is 3.01. The molecular weight excluding hydrogens is 278 g/mol. The first-order valence-electron chi connectivity index (χ1n) is 7.38. The van der Waals surface area contributed by atoms with Crippen molar-refractivity contribution in [3.05, 3.63) is 65.7 Å². The van der Waals surface area contributed by atoms with Crippen LogP contribution in [0.15, 0.2) is 54.6 Å². The van der Waals surface area contributed by atoms with Gasteiger partial charge in [0.25, 0.3) is 0 Å². The summed E-state index contributed by atoms with van der Waals surface area (Å²) in [5.74, 6) is 2.54. The van der Waals surface area contributed by atoms with E-state index in [9.17, 15) is 5.11 Å². The molecule has 2 N–H and O–H groups in total. The quantitative estimate of drug-likeness (QED) is 0.803. The number of thioether (sulfide) groups is 1. The molecule has 21 heavy (non-hydrogen) atoms. The van der Waals surface area contributed by atoms with Gasteiger partial charge in [0, 0.05) is 11.8 Å². The van der Waals surface area contributed by atoms with Gasteiger partial charge in [-0.15, -0.1) is 0 Å². The van der Waals surface area contributed by atoms with Crippen LogP contribution in [0.3, 0.4) is 0 Å². The average molecular weight is 301 g/mol. The highest BCUT2D eigenvalue weighted by Gasteiger charge is 2.16. The third-order valence-corrected chi connectivity index (χ3v) is 4.53. The molecule has 0 saturated heterocycles. The molecule has 2 rings (SSSR count). The van der Waals surface area contributed by atoms with Crippen LogP contribution in [0.25, 0.3) is 0 Å². The third kappa shape index (κ3) is 4.80. The van der Waals surface area contributed by atoms with E-state index < -0.39 is 0 Å². The van der Waals surface area contributed by atoms with Crippen molar-refractivity contribution in [2.45, 2.75) is 25.9 Å². The van der Waals surface area contributed by atoms with Crippen molar-refractivity contribution in [3.8, 4) is 5.75 Å². The lowest BCUT2D eigenvalue weighted by atomic mass is 9.98. The van der Waals surface area contributed by atoms with Crippen molar-refractivity contribution in [1.82, 2.24) is 5.32 Å². The molecule has 3 heteroatoms. The lowest BCUT2D eigenvalue weighted by Crippen LogP contribution is -2.33. The van der Waals surface area contributed by atoms with Gasteiger partial charge in [-0.1, -0.05) is 49.4 Å². The maximum atomic E-state index is 9.48. The molecule has 0 aromatic heterocycles. The van der Waals surface area contributed by atoms with Gasteiger partial charge in [-0.2, -0.15) is 11.8 Å². The molecule has 0 spiro atoms. The van der Waals surface area contributed by atoms with E-state index in [2.05, 4.69) is 43.4 Å². The van der Waals surface area contributed by atoms with Gasteiger partial charge in [0.15, 0.2) is 0 Å². The van der Waals surface area contributed by atoms with E-state index in [0.29, 0.717) is 11.8 Å². The first-order chi connectivity index (χ1) is 10.2. The molecular formula is C18H23NOS. The van der Waals surface area contributed by atoms with E-state index in [-0.39, 0.29) is 6.04 Å². The van der Waals surface area contributed by atoms with Crippen LogP contribution in [0.5, 0.6) is 5.75 Å². The number of benzene rings is 2. The molecule has 0 aliphatic heterocycles. The SMILES string of the molecule is CCSCC(C)NC(c1ccccc1)c1ccc(O)cc1. The summed E-state index contributed by atoms with van der Waals surface area (Å²) in [6.45, 7) is 4.41. The number of phenols is 1. The van der Waals surface area contributed by atoms with Crippen LogP contribution in [-0.2, 0) is 0 Å². The van der Waals surface area contributed by atoms with Crippen molar-refractivity contribution in [3.63, 3.8) is 0 Å². The van der Waals surface area contributed by atoms with Crippen LogP contribution >= 0.6 is 11.8 Å². The lowest BCUT2D eigenvalue weighted by Gasteiger charge is -2.24. The van der Waals surface area contributed by atoms with Crippen LogP contribution in [-0.4, -0.2) is 22.7 Å². The maximum absolute atomic E-state index is 9.48. The number of hydrogen-bond donors (Lipinski definition) is 2. The molecule has 112 valence electrons. The fraction of sp³-hybridized carbons (Fsp3) is 0.333. The van der Waals surface area contributed by atoms with Crippen LogP contribution in [0.4, 0.5) is 0 Å². The van der Waals surface area contributed by atoms with Gasteiger partial charge in [0.2, 0.25) is 0 Å². The van der Waals surface area contributed by atoms with Gasteiger partial charge in [-0.05, 0) is 35.9 Å². The summed E-state index contributed by atoms with van der Waals surface area (Å²) in [6.07, 6.45) is 0. The van der Waals surface area contributed by atoms with Crippen molar-refractivity contribution < 1.29 is 5.11 Å². The molecule has 2 aromatic rings. The van der Waals surface area contributed by atoms with Crippen molar-refractivity contribution in [2.24, 2.45) is 0 Å². The van der Waals surface area contributed by atoms with Crippen molar-refractivity contribution in [1.29, 1.82) is 0 Å². The number of aromatic hydroxyl groups is 1. The van der Waals surface area contributed by atoms with Gasteiger partial charge in [0.05, 0.1) is 6.04 Å². The molecule has 0 fully saturated rings. The molecule has 0 heterocycles. The van der Waals surface area contributed by atoms with E-state index in [1.54, 1.807) is 12.1 Å². The highest BCUT2D eigenvalue weighted by atomic mass is 32.2. The van der Waals surface area contributed by atoms with Crippen LogP contribution in [0.2, 0.25) is 0 Å². The lowest BCUT2D eigenvalue weighted by molar-refractivity contribution is 0.474. The molecule has 0 aliphatic rings. The minimum Gasteiger partial charge on any atom is -0.508 e. The molecule has 0 aliphatic carbocycles. The summed E-state index contributed by atoms with van der Waals surface area (Å²) in [6, 6.07) is 18.5. The van der Waals surface area contributed by atoms with Gasteiger partial charge < -0.3 is 10.4 Å². The average Bonchev–Trinajstić information content (AvgIpc) is 2.52. The van der Waals surface area contributed by atoms with E-state index in [1.807, 2.05) is 30.0 Å². The number of phenolic OH excluding ortho intramolecular Hbond substituents is 1. The highest BCUT2D eigenvalue weighted by molar-refractivity contribution is 7.99. The molecule has 0 amide bonds. The van der Waals surface area contributed by atoms with E-state index in [0.717, 1.165) is 11.5 Å². The Morgan fingerprint density at radius 2 is 1.62 bits per heavy atom. The largest absolute Gasteiger partial charge is 0.508 e. The molecule has 0 saturated carbocycles. The summed E-state index contributed by atoms with van der Waals surface area (Å²) in [7, 11) is 0. The smallest absolute Gasteiger partial charge is 0.115 e. The van der Waals surface area contributed by atoms with Gasteiger partial charge >= 0.3 is 0 Å². The standard InChI is InChI=1S/C18H23NOS/c1-3-21-13-14(2)19-18(15-7-5-4-6-8-15)16-9-11-17(20)12-10-16/h4-12,14,18-20H,3,13H2,1-2H3. The Labute approximate surface area is 131 Å². The minimum absolute atomic E-state index is 0.152. The van der Waals surface area contributed by atoms with Crippen molar-refractivity contribution >= 4 is 11.8 Å². The second kappa shape index (κ2) is 8.11. The first-order valence-corrected chi connectivity index (χ1v) is 8.54. The van der Waals surface area contributed by atoms with Crippen LogP contribution < -0.4 is 5.32 Å². The van der Waals surface area contributed by atoms with E-state index in [1.165, 1.54) is 11.1 Å². The third-order valence-electron chi connectivity index (χ3n) is 3.38. The summed E-state index contributed by atoms with van der Waals surface area (Å²) in [5.41, 5.74) is 2.42. The molecule has 0 bridgehead atoms. The predicted octanol–water partition coefficient (Wildman–Crippen LogP) is 4.21. The van der Waals surface area contributed by atoms with Gasteiger partial charge in [-0.3, -0.25) is 0 Å². The number of hydrogen-bond acceptors (Lipinski definition) is 3. The topological polar surface area (TPSA) is 32.3 Å². The summed E-state index contributed by atoms with van der Waals surface area (Å²) >= 11 is 1.95. The monoisotopic (exact) mass is 301 g/mol. The Bertz CT molecular complexity index is 527. The Morgan fingerprint density at radius 3 is 2.24 bits per heavy atom. The van der Waals surface area contributed by atoms with Crippen molar-refractivity contribution in [2.75, 3.05) is 11.5 Å². The predicted molar refractivity (Wildman–Crippen MR) is 92.0 cm³/mol. The Balaban J connectivity index is 2.20.